The molecule has 0 aliphatic heterocycles. The van der Waals surface area contributed by atoms with Crippen LogP contribution in [0.15, 0.2) is 11.4 Å². The third kappa shape index (κ3) is 1.88. The molecule has 0 aliphatic rings. The number of aromatic nitrogens is 2. The number of thioether (sulfide) groups is 1. The summed E-state index contributed by atoms with van der Waals surface area (Å²) in [4.78, 5) is 10.5. The highest BCUT2D eigenvalue weighted by molar-refractivity contribution is 7.98. The van der Waals surface area contributed by atoms with Crippen LogP contribution < -0.4 is 4.90 Å². The van der Waals surface area contributed by atoms with Crippen LogP contribution in [-0.2, 0) is 0 Å². The molecule has 0 amide bonds. The number of hydrogen-bond acceptors (Lipinski definition) is 4. The maximum absolute atomic E-state index is 4.37. The van der Waals surface area contributed by atoms with Crippen molar-refractivity contribution in [1.82, 2.24) is 9.97 Å². The first kappa shape index (κ1) is 9.32. The Labute approximate surface area is 77.2 Å². The van der Waals surface area contributed by atoms with Crippen LogP contribution in [-0.4, -0.2) is 30.3 Å². The predicted octanol–water partition coefficient (Wildman–Crippen LogP) is 1.57. The highest BCUT2D eigenvalue weighted by atomic mass is 32.2. The average molecular weight is 183 g/mol. The van der Waals surface area contributed by atoms with E-state index >= 15 is 0 Å². The molecule has 0 spiro atoms. The summed E-state index contributed by atoms with van der Waals surface area (Å²) in [6.07, 6.45) is 3.83. The van der Waals surface area contributed by atoms with Gasteiger partial charge >= 0.3 is 0 Å². The Morgan fingerprint density at radius 1 is 1.42 bits per heavy atom. The average Bonchev–Trinajstić information content (AvgIpc) is 2.05. The molecule has 3 nitrogen and oxygen atoms in total. The number of nitrogens with zero attached hydrogens (tertiary/aromatic N) is 3. The summed E-state index contributed by atoms with van der Waals surface area (Å²) >= 11 is 1.56. The molecule has 0 radical (unpaired) electrons. The normalized spacial score (nSPS) is 10.0. The van der Waals surface area contributed by atoms with E-state index in [0.29, 0.717) is 0 Å². The molecule has 4 heteroatoms. The summed E-state index contributed by atoms with van der Waals surface area (Å²) < 4.78 is 0. The molecular weight excluding hydrogens is 170 g/mol. The largest absolute Gasteiger partial charge is 0.362 e. The quantitative estimate of drug-likeness (QED) is 0.514. The lowest BCUT2D eigenvalue weighted by Crippen LogP contribution is -2.13. The molecule has 0 aromatic carbocycles. The zero-order valence-electron chi connectivity index (χ0n) is 7.83. The zero-order chi connectivity index (χ0) is 9.14. The molecule has 0 atom stereocenters. The fourth-order valence-electron chi connectivity index (χ4n) is 0.968. The molecule has 0 fully saturated rings. The third-order valence-corrected chi connectivity index (χ3v) is 2.09. The van der Waals surface area contributed by atoms with Crippen LogP contribution in [0.25, 0.3) is 0 Å². The first-order valence-corrected chi connectivity index (χ1v) is 4.92. The monoisotopic (exact) mass is 183 g/mol. The molecule has 66 valence electrons. The van der Waals surface area contributed by atoms with Gasteiger partial charge in [0.1, 0.15) is 5.82 Å². The number of rotatable bonds is 2. The van der Waals surface area contributed by atoms with E-state index < -0.39 is 0 Å². The molecule has 0 saturated carbocycles. The molecular formula is C8H13N3S. The van der Waals surface area contributed by atoms with E-state index in [1.165, 1.54) is 0 Å². The molecule has 1 rings (SSSR count). The standard InChI is InChI=1S/C8H13N3S/c1-6-5-9-8(12-4)10-7(6)11(2)3/h5H,1-4H3. The molecule has 12 heavy (non-hydrogen) atoms. The van der Waals surface area contributed by atoms with Crippen LogP contribution >= 0.6 is 11.8 Å². The van der Waals surface area contributed by atoms with Crippen molar-refractivity contribution in [3.05, 3.63) is 11.8 Å². The van der Waals surface area contributed by atoms with Gasteiger partial charge < -0.3 is 4.90 Å². The Balaban J connectivity index is 3.08. The first-order chi connectivity index (χ1) is 5.65. The van der Waals surface area contributed by atoms with E-state index in [-0.39, 0.29) is 0 Å². The number of hydrogen-bond donors (Lipinski definition) is 0. The fraction of sp³-hybridized carbons (Fsp3) is 0.500. The van der Waals surface area contributed by atoms with Gasteiger partial charge in [-0.15, -0.1) is 0 Å². The lowest BCUT2D eigenvalue weighted by molar-refractivity contribution is 0.914. The second-order valence-corrected chi connectivity index (χ2v) is 3.53. The Morgan fingerprint density at radius 2 is 2.08 bits per heavy atom. The summed E-state index contributed by atoms with van der Waals surface area (Å²) in [6.45, 7) is 2.01. The molecule has 0 aliphatic carbocycles. The van der Waals surface area contributed by atoms with Crippen LogP contribution in [0, 0.1) is 6.92 Å². The summed E-state index contributed by atoms with van der Waals surface area (Å²) in [5.74, 6) is 0.995. The minimum absolute atomic E-state index is 0.823. The maximum atomic E-state index is 4.37. The number of aryl methyl sites for hydroxylation is 1. The van der Waals surface area contributed by atoms with Gasteiger partial charge in [-0.25, -0.2) is 9.97 Å². The van der Waals surface area contributed by atoms with Gasteiger partial charge in [-0.1, -0.05) is 11.8 Å². The van der Waals surface area contributed by atoms with Gasteiger partial charge in [0.05, 0.1) is 0 Å². The van der Waals surface area contributed by atoms with Gasteiger partial charge in [-0.3, -0.25) is 0 Å². The van der Waals surface area contributed by atoms with Crippen molar-refractivity contribution in [2.75, 3.05) is 25.3 Å². The van der Waals surface area contributed by atoms with Gasteiger partial charge in [0.25, 0.3) is 0 Å². The predicted molar refractivity (Wildman–Crippen MR) is 52.9 cm³/mol. The van der Waals surface area contributed by atoms with Crippen molar-refractivity contribution >= 4 is 17.6 Å². The molecule has 1 aromatic heterocycles. The minimum atomic E-state index is 0.823. The second-order valence-electron chi connectivity index (χ2n) is 2.76. The summed E-state index contributed by atoms with van der Waals surface area (Å²) in [6, 6.07) is 0. The Bertz CT molecular complexity index is 273. The highest BCUT2D eigenvalue weighted by Gasteiger charge is 2.03. The summed E-state index contributed by atoms with van der Waals surface area (Å²) in [7, 11) is 3.97. The molecule has 0 unspecified atom stereocenters. The van der Waals surface area contributed by atoms with Crippen molar-refractivity contribution in [2.24, 2.45) is 0 Å². The van der Waals surface area contributed by atoms with Crippen molar-refractivity contribution in [2.45, 2.75) is 12.1 Å². The van der Waals surface area contributed by atoms with Gasteiger partial charge in [-0.2, -0.15) is 0 Å². The van der Waals surface area contributed by atoms with Crippen molar-refractivity contribution < 1.29 is 0 Å². The molecule has 0 bridgehead atoms. The first-order valence-electron chi connectivity index (χ1n) is 3.70. The molecule has 1 aromatic rings. The van der Waals surface area contributed by atoms with Crippen LogP contribution in [0.1, 0.15) is 5.56 Å². The summed E-state index contributed by atoms with van der Waals surface area (Å²) in [5, 5.41) is 0.823. The molecule has 1 heterocycles. The van der Waals surface area contributed by atoms with Crippen molar-refractivity contribution in [3.63, 3.8) is 0 Å². The fourth-order valence-corrected chi connectivity index (χ4v) is 1.30. The van der Waals surface area contributed by atoms with Gasteiger partial charge in [0.15, 0.2) is 5.16 Å². The minimum Gasteiger partial charge on any atom is -0.362 e. The van der Waals surface area contributed by atoms with Gasteiger partial charge in [0.2, 0.25) is 0 Å². The zero-order valence-corrected chi connectivity index (χ0v) is 8.64. The topological polar surface area (TPSA) is 29.0 Å². The van der Waals surface area contributed by atoms with Crippen LogP contribution in [0.3, 0.4) is 0 Å². The Kier molecular flexibility index (Phi) is 2.92. The van der Waals surface area contributed by atoms with Crippen molar-refractivity contribution in [1.29, 1.82) is 0 Å². The smallest absolute Gasteiger partial charge is 0.189 e. The SMILES string of the molecule is CSc1ncc(C)c(N(C)C)n1. The Morgan fingerprint density at radius 3 is 2.58 bits per heavy atom. The van der Waals surface area contributed by atoms with Crippen molar-refractivity contribution in [3.8, 4) is 0 Å². The van der Waals surface area contributed by atoms with Gasteiger partial charge in [-0.05, 0) is 13.2 Å². The second kappa shape index (κ2) is 3.76. The van der Waals surface area contributed by atoms with E-state index in [1.807, 2.05) is 38.4 Å². The lowest BCUT2D eigenvalue weighted by Gasteiger charge is -2.13. The van der Waals surface area contributed by atoms with E-state index in [4.69, 9.17) is 0 Å². The van der Waals surface area contributed by atoms with Crippen LogP contribution in [0.2, 0.25) is 0 Å². The van der Waals surface area contributed by atoms with Crippen LogP contribution in [0.5, 0.6) is 0 Å². The third-order valence-electron chi connectivity index (χ3n) is 1.53. The highest BCUT2D eigenvalue weighted by Crippen LogP contribution is 2.17. The van der Waals surface area contributed by atoms with Gasteiger partial charge in [0, 0.05) is 25.9 Å². The molecule has 0 saturated heterocycles. The van der Waals surface area contributed by atoms with Crippen LogP contribution in [0.4, 0.5) is 5.82 Å². The van der Waals surface area contributed by atoms with E-state index in [0.717, 1.165) is 16.5 Å². The molecule has 0 N–H and O–H groups in total. The maximum Gasteiger partial charge on any atom is 0.189 e. The lowest BCUT2D eigenvalue weighted by atomic mass is 10.3. The summed E-state index contributed by atoms with van der Waals surface area (Å²) in [5.41, 5.74) is 1.11. The van der Waals surface area contributed by atoms with E-state index in [1.54, 1.807) is 11.8 Å². The Hall–Kier alpha value is -0.770. The van der Waals surface area contributed by atoms with E-state index in [9.17, 15) is 0 Å². The van der Waals surface area contributed by atoms with E-state index in [2.05, 4.69) is 9.97 Å². The number of anilines is 1.